The molecule has 2 heteroatoms. The largest absolute Gasteiger partial charge is 0.300 e. The van der Waals surface area contributed by atoms with E-state index in [0.29, 0.717) is 24.5 Å². The van der Waals surface area contributed by atoms with Crippen LogP contribution < -0.4 is 0 Å². The van der Waals surface area contributed by atoms with Crippen molar-refractivity contribution in [3.63, 3.8) is 0 Å². The lowest BCUT2D eigenvalue weighted by atomic mass is 9.99. The number of rotatable bonds is 6. The highest BCUT2D eigenvalue weighted by Gasteiger charge is 2.07. The summed E-state index contributed by atoms with van der Waals surface area (Å²) in [6.07, 6.45) is 4.96. The fourth-order valence-electron chi connectivity index (χ4n) is 1.45. The van der Waals surface area contributed by atoms with E-state index < -0.39 is 0 Å². The van der Waals surface area contributed by atoms with Gasteiger partial charge in [-0.1, -0.05) is 26.3 Å². The lowest BCUT2D eigenvalue weighted by molar-refractivity contribution is -0.119. The SMILES string of the molecule is CCC(C)CC(=O)CCc1ccccn1. The molecule has 0 aliphatic carbocycles. The fourth-order valence-corrected chi connectivity index (χ4v) is 1.45. The van der Waals surface area contributed by atoms with Crippen LogP contribution in [0, 0.1) is 5.92 Å². The van der Waals surface area contributed by atoms with Gasteiger partial charge in [0.1, 0.15) is 5.78 Å². The molecule has 0 fully saturated rings. The van der Waals surface area contributed by atoms with Crippen molar-refractivity contribution in [3.05, 3.63) is 30.1 Å². The quantitative estimate of drug-likeness (QED) is 0.714. The average Bonchev–Trinajstić information content (AvgIpc) is 2.27. The van der Waals surface area contributed by atoms with E-state index in [4.69, 9.17) is 0 Å². The van der Waals surface area contributed by atoms with Gasteiger partial charge < -0.3 is 0 Å². The number of hydrogen-bond acceptors (Lipinski definition) is 2. The van der Waals surface area contributed by atoms with Crippen LogP contribution in [0.15, 0.2) is 24.4 Å². The first-order valence-electron chi connectivity index (χ1n) is 5.64. The molecule has 0 aromatic carbocycles. The predicted molar refractivity (Wildman–Crippen MR) is 61.6 cm³/mol. The van der Waals surface area contributed by atoms with Crippen LogP contribution >= 0.6 is 0 Å². The Labute approximate surface area is 91.7 Å². The van der Waals surface area contributed by atoms with Crippen LogP contribution in [-0.4, -0.2) is 10.8 Å². The second-order valence-electron chi connectivity index (χ2n) is 4.08. The van der Waals surface area contributed by atoms with E-state index in [1.54, 1.807) is 6.20 Å². The molecule has 0 amide bonds. The maximum atomic E-state index is 11.6. The Hall–Kier alpha value is -1.18. The van der Waals surface area contributed by atoms with Crippen molar-refractivity contribution in [2.75, 3.05) is 0 Å². The molecule has 0 spiro atoms. The third kappa shape index (κ3) is 4.73. The van der Waals surface area contributed by atoms with E-state index in [2.05, 4.69) is 18.8 Å². The first-order valence-corrected chi connectivity index (χ1v) is 5.64. The van der Waals surface area contributed by atoms with E-state index in [-0.39, 0.29) is 0 Å². The first-order chi connectivity index (χ1) is 7.22. The standard InChI is InChI=1S/C13H19NO/c1-3-11(2)10-13(15)8-7-12-6-4-5-9-14-12/h4-6,9,11H,3,7-8,10H2,1-2H3. The predicted octanol–water partition coefficient (Wildman–Crippen LogP) is 3.02. The van der Waals surface area contributed by atoms with E-state index in [1.165, 1.54) is 0 Å². The molecule has 0 bridgehead atoms. The van der Waals surface area contributed by atoms with Crippen LogP contribution in [0.5, 0.6) is 0 Å². The fraction of sp³-hybridized carbons (Fsp3) is 0.538. The molecular formula is C13H19NO. The zero-order valence-corrected chi connectivity index (χ0v) is 9.57. The molecule has 1 atom stereocenters. The number of nitrogens with zero attached hydrogens (tertiary/aromatic N) is 1. The Morgan fingerprint density at radius 1 is 1.47 bits per heavy atom. The van der Waals surface area contributed by atoms with Crippen molar-refractivity contribution in [1.29, 1.82) is 0 Å². The lowest BCUT2D eigenvalue weighted by Gasteiger charge is -2.06. The van der Waals surface area contributed by atoms with Crippen LogP contribution in [0.2, 0.25) is 0 Å². The smallest absolute Gasteiger partial charge is 0.133 e. The maximum absolute atomic E-state index is 11.6. The zero-order valence-electron chi connectivity index (χ0n) is 9.57. The highest BCUT2D eigenvalue weighted by molar-refractivity contribution is 5.78. The van der Waals surface area contributed by atoms with Crippen LogP contribution in [0.1, 0.15) is 38.8 Å². The summed E-state index contributed by atoms with van der Waals surface area (Å²) in [5, 5.41) is 0. The minimum absolute atomic E-state index is 0.356. The van der Waals surface area contributed by atoms with Crippen molar-refractivity contribution in [2.24, 2.45) is 5.92 Å². The van der Waals surface area contributed by atoms with Gasteiger partial charge in [-0.3, -0.25) is 9.78 Å². The van der Waals surface area contributed by atoms with E-state index in [9.17, 15) is 4.79 Å². The van der Waals surface area contributed by atoms with Gasteiger partial charge in [0.2, 0.25) is 0 Å². The van der Waals surface area contributed by atoms with Gasteiger partial charge in [0.15, 0.2) is 0 Å². The molecule has 0 saturated heterocycles. The molecule has 1 unspecified atom stereocenters. The number of ketones is 1. The van der Waals surface area contributed by atoms with Crippen molar-refractivity contribution in [1.82, 2.24) is 4.98 Å². The summed E-state index contributed by atoms with van der Waals surface area (Å²) in [7, 11) is 0. The number of aromatic nitrogens is 1. The molecule has 1 aromatic rings. The summed E-state index contributed by atoms with van der Waals surface area (Å²) in [6.45, 7) is 4.25. The zero-order chi connectivity index (χ0) is 11.1. The normalized spacial score (nSPS) is 12.4. The lowest BCUT2D eigenvalue weighted by Crippen LogP contribution is -2.06. The summed E-state index contributed by atoms with van der Waals surface area (Å²) < 4.78 is 0. The van der Waals surface area contributed by atoms with Crippen LogP contribution in [0.25, 0.3) is 0 Å². The van der Waals surface area contributed by atoms with Gasteiger partial charge in [0, 0.05) is 24.7 Å². The number of Topliss-reactive ketones (excluding diaryl/α,β-unsaturated/α-hetero) is 1. The van der Waals surface area contributed by atoms with Gasteiger partial charge in [-0.25, -0.2) is 0 Å². The van der Waals surface area contributed by atoms with Crippen molar-refractivity contribution in [2.45, 2.75) is 39.5 Å². The Bertz CT molecular complexity index is 295. The molecule has 1 rings (SSSR count). The highest BCUT2D eigenvalue weighted by Crippen LogP contribution is 2.09. The van der Waals surface area contributed by atoms with Gasteiger partial charge in [0.25, 0.3) is 0 Å². The molecular weight excluding hydrogens is 186 g/mol. The van der Waals surface area contributed by atoms with Gasteiger partial charge in [-0.2, -0.15) is 0 Å². The summed E-state index contributed by atoms with van der Waals surface area (Å²) in [5.41, 5.74) is 1.01. The van der Waals surface area contributed by atoms with Crippen LogP contribution in [-0.2, 0) is 11.2 Å². The molecule has 0 aliphatic rings. The Morgan fingerprint density at radius 3 is 2.87 bits per heavy atom. The van der Waals surface area contributed by atoms with Crippen LogP contribution in [0.4, 0.5) is 0 Å². The van der Waals surface area contributed by atoms with Crippen molar-refractivity contribution in [3.8, 4) is 0 Å². The van der Waals surface area contributed by atoms with E-state index >= 15 is 0 Å². The summed E-state index contributed by atoms with van der Waals surface area (Å²) >= 11 is 0. The monoisotopic (exact) mass is 205 g/mol. The van der Waals surface area contributed by atoms with Crippen LogP contribution in [0.3, 0.4) is 0 Å². The molecule has 82 valence electrons. The first kappa shape index (κ1) is 11.9. The Balaban J connectivity index is 2.29. The Morgan fingerprint density at radius 2 is 2.27 bits per heavy atom. The third-order valence-corrected chi connectivity index (χ3v) is 2.66. The molecule has 2 nitrogen and oxygen atoms in total. The summed E-state index contributed by atoms with van der Waals surface area (Å²) in [4.78, 5) is 15.8. The Kier molecular flexibility index (Phi) is 5.02. The van der Waals surface area contributed by atoms with Gasteiger partial charge in [-0.05, 0) is 24.5 Å². The minimum Gasteiger partial charge on any atom is -0.300 e. The highest BCUT2D eigenvalue weighted by atomic mass is 16.1. The average molecular weight is 205 g/mol. The molecule has 15 heavy (non-hydrogen) atoms. The molecule has 1 aromatic heterocycles. The molecule has 0 N–H and O–H groups in total. The van der Waals surface area contributed by atoms with E-state index in [1.807, 2.05) is 18.2 Å². The van der Waals surface area contributed by atoms with Gasteiger partial charge in [-0.15, -0.1) is 0 Å². The van der Waals surface area contributed by atoms with Gasteiger partial charge >= 0.3 is 0 Å². The number of carbonyl (C=O) groups is 1. The molecule has 0 saturated carbocycles. The second-order valence-corrected chi connectivity index (χ2v) is 4.08. The maximum Gasteiger partial charge on any atom is 0.133 e. The minimum atomic E-state index is 0.356. The molecule has 0 aliphatic heterocycles. The van der Waals surface area contributed by atoms with Gasteiger partial charge in [0.05, 0.1) is 0 Å². The summed E-state index contributed by atoms with van der Waals surface area (Å²) in [6, 6.07) is 5.82. The number of hydrogen-bond donors (Lipinski definition) is 0. The number of carbonyl (C=O) groups excluding carboxylic acids is 1. The van der Waals surface area contributed by atoms with Crippen molar-refractivity contribution >= 4 is 5.78 Å². The number of pyridine rings is 1. The third-order valence-electron chi connectivity index (χ3n) is 2.66. The molecule has 0 radical (unpaired) electrons. The number of aryl methyl sites for hydroxylation is 1. The molecule has 1 heterocycles. The topological polar surface area (TPSA) is 30.0 Å². The van der Waals surface area contributed by atoms with E-state index in [0.717, 1.165) is 18.5 Å². The second kappa shape index (κ2) is 6.33. The summed E-state index contributed by atoms with van der Waals surface area (Å²) in [5.74, 6) is 0.872. The van der Waals surface area contributed by atoms with Crippen molar-refractivity contribution < 1.29 is 4.79 Å².